The molecule has 2 aromatic rings. The van der Waals surface area contributed by atoms with Gasteiger partial charge in [-0.3, -0.25) is 0 Å². The zero-order valence-electron chi connectivity index (χ0n) is 11.1. The van der Waals surface area contributed by atoms with Gasteiger partial charge in [0.2, 0.25) is 0 Å². The SMILES string of the molecule is Cc1cc(Br)c2ccn([C@@H]3CCCC[C@@H]3C)c2c1. The molecule has 0 N–H and O–H groups in total. The third-order valence-corrected chi connectivity index (χ3v) is 5.01. The Bertz CT molecular complexity index is 570. The van der Waals surface area contributed by atoms with Crippen LogP contribution in [-0.2, 0) is 0 Å². The summed E-state index contributed by atoms with van der Waals surface area (Å²) in [7, 11) is 0. The third-order valence-electron chi connectivity index (χ3n) is 4.36. The Labute approximate surface area is 117 Å². The standard InChI is InChI=1S/C16H20BrN/c1-11-9-14(17)13-7-8-18(16(13)10-11)15-6-4-3-5-12(15)2/h7-10,12,15H,3-6H2,1-2H3/t12-,15+/m0/s1. The van der Waals surface area contributed by atoms with E-state index in [1.54, 1.807) is 0 Å². The van der Waals surface area contributed by atoms with Gasteiger partial charge >= 0.3 is 0 Å². The summed E-state index contributed by atoms with van der Waals surface area (Å²) >= 11 is 3.69. The molecule has 1 aliphatic rings. The minimum absolute atomic E-state index is 0.685. The van der Waals surface area contributed by atoms with Crippen LogP contribution in [0.15, 0.2) is 28.9 Å². The molecule has 0 bridgehead atoms. The number of rotatable bonds is 1. The minimum Gasteiger partial charge on any atom is -0.344 e. The molecule has 1 nitrogen and oxygen atoms in total. The molecular weight excluding hydrogens is 286 g/mol. The summed E-state index contributed by atoms with van der Waals surface area (Å²) in [4.78, 5) is 0. The van der Waals surface area contributed by atoms with Gasteiger partial charge in [0, 0.05) is 27.6 Å². The second-order valence-electron chi connectivity index (χ2n) is 5.73. The summed E-state index contributed by atoms with van der Waals surface area (Å²) in [6, 6.07) is 7.46. The minimum atomic E-state index is 0.685. The van der Waals surface area contributed by atoms with Gasteiger partial charge < -0.3 is 4.57 Å². The van der Waals surface area contributed by atoms with Gasteiger partial charge in [0.1, 0.15) is 0 Å². The van der Waals surface area contributed by atoms with E-state index in [9.17, 15) is 0 Å². The fourth-order valence-electron chi connectivity index (χ4n) is 3.35. The van der Waals surface area contributed by atoms with Gasteiger partial charge in [0.25, 0.3) is 0 Å². The summed E-state index contributed by atoms with van der Waals surface area (Å²) in [5, 5.41) is 1.35. The van der Waals surface area contributed by atoms with Crippen molar-refractivity contribution in [2.45, 2.75) is 45.6 Å². The van der Waals surface area contributed by atoms with Crippen molar-refractivity contribution in [3.63, 3.8) is 0 Å². The van der Waals surface area contributed by atoms with Crippen LogP contribution in [-0.4, -0.2) is 4.57 Å². The van der Waals surface area contributed by atoms with Crippen LogP contribution in [0.4, 0.5) is 0 Å². The molecule has 1 heterocycles. The third kappa shape index (κ3) is 2.01. The Morgan fingerprint density at radius 1 is 1.22 bits per heavy atom. The Morgan fingerprint density at radius 2 is 2.00 bits per heavy atom. The molecule has 2 atom stereocenters. The number of fused-ring (bicyclic) bond motifs is 1. The van der Waals surface area contributed by atoms with Crippen molar-refractivity contribution in [3.8, 4) is 0 Å². The first-order valence-corrected chi connectivity index (χ1v) is 7.73. The van der Waals surface area contributed by atoms with Crippen LogP contribution in [0.3, 0.4) is 0 Å². The molecule has 1 aromatic heterocycles. The van der Waals surface area contributed by atoms with Crippen LogP contribution < -0.4 is 0 Å². The molecule has 0 saturated heterocycles. The average molecular weight is 306 g/mol. The van der Waals surface area contributed by atoms with Gasteiger partial charge in [-0.25, -0.2) is 0 Å². The van der Waals surface area contributed by atoms with Crippen molar-refractivity contribution in [3.05, 3.63) is 34.4 Å². The molecule has 1 fully saturated rings. The molecule has 0 aliphatic heterocycles. The van der Waals surface area contributed by atoms with Crippen LogP contribution in [0.5, 0.6) is 0 Å². The highest BCUT2D eigenvalue weighted by molar-refractivity contribution is 9.10. The maximum absolute atomic E-state index is 3.69. The van der Waals surface area contributed by atoms with E-state index in [1.807, 2.05) is 0 Å². The number of benzene rings is 1. The molecule has 1 aliphatic carbocycles. The average Bonchev–Trinajstić information content (AvgIpc) is 2.73. The Hall–Kier alpha value is -0.760. The molecule has 2 heteroatoms. The topological polar surface area (TPSA) is 4.93 Å². The van der Waals surface area contributed by atoms with Crippen molar-refractivity contribution in [1.29, 1.82) is 0 Å². The maximum atomic E-state index is 3.69. The maximum Gasteiger partial charge on any atom is 0.0497 e. The lowest BCUT2D eigenvalue weighted by molar-refractivity contribution is 0.263. The highest BCUT2D eigenvalue weighted by atomic mass is 79.9. The fourth-order valence-corrected chi connectivity index (χ4v) is 4.04. The number of aromatic nitrogens is 1. The van der Waals surface area contributed by atoms with Gasteiger partial charge in [-0.05, 0) is 49.4 Å². The first kappa shape index (κ1) is 12.3. The van der Waals surface area contributed by atoms with E-state index in [0.717, 1.165) is 5.92 Å². The molecule has 1 saturated carbocycles. The van der Waals surface area contributed by atoms with Crippen LogP contribution >= 0.6 is 15.9 Å². The largest absolute Gasteiger partial charge is 0.344 e. The molecule has 0 spiro atoms. The Morgan fingerprint density at radius 3 is 2.78 bits per heavy atom. The highest BCUT2D eigenvalue weighted by Gasteiger charge is 2.23. The molecule has 96 valence electrons. The molecule has 0 unspecified atom stereocenters. The number of halogens is 1. The summed E-state index contributed by atoms with van der Waals surface area (Å²) < 4.78 is 3.73. The van der Waals surface area contributed by atoms with Gasteiger partial charge in [-0.2, -0.15) is 0 Å². The molecule has 0 amide bonds. The quantitative estimate of drug-likeness (QED) is 0.659. The monoisotopic (exact) mass is 305 g/mol. The zero-order chi connectivity index (χ0) is 12.7. The Balaban J connectivity index is 2.11. The van der Waals surface area contributed by atoms with Gasteiger partial charge in [0.05, 0.1) is 0 Å². The lowest BCUT2D eigenvalue weighted by atomic mass is 9.85. The van der Waals surface area contributed by atoms with E-state index in [2.05, 4.69) is 58.7 Å². The summed E-state index contributed by atoms with van der Waals surface area (Å²) in [6.07, 6.45) is 7.76. The molecule has 3 rings (SSSR count). The summed E-state index contributed by atoms with van der Waals surface area (Å²) in [6.45, 7) is 4.58. The zero-order valence-corrected chi connectivity index (χ0v) is 12.7. The van der Waals surface area contributed by atoms with Crippen molar-refractivity contribution >= 4 is 26.8 Å². The van der Waals surface area contributed by atoms with Crippen LogP contribution in [0.25, 0.3) is 10.9 Å². The predicted octanol–water partition coefficient (Wildman–Crippen LogP) is 5.46. The predicted molar refractivity (Wildman–Crippen MR) is 81.0 cm³/mol. The lowest BCUT2D eigenvalue weighted by Crippen LogP contribution is -2.20. The molecule has 0 radical (unpaired) electrons. The van der Waals surface area contributed by atoms with Crippen molar-refractivity contribution in [2.24, 2.45) is 5.92 Å². The molecule has 1 aromatic carbocycles. The van der Waals surface area contributed by atoms with Crippen LogP contribution in [0.2, 0.25) is 0 Å². The number of hydrogen-bond acceptors (Lipinski definition) is 0. The smallest absolute Gasteiger partial charge is 0.0497 e. The lowest BCUT2D eigenvalue weighted by Gasteiger charge is -2.31. The molecular formula is C16H20BrN. The van der Waals surface area contributed by atoms with Crippen LogP contribution in [0.1, 0.15) is 44.2 Å². The number of hydrogen-bond donors (Lipinski definition) is 0. The van der Waals surface area contributed by atoms with Gasteiger partial charge in [-0.15, -0.1) is 0 Å². The van der Waals surface area contributed by atoms with E-state index in [0.29, 0.717) is 6.04 Å². The van der Waals surface area contributed by atoms with E-state index in [4.69, 9.17) is 0 Å². The van der Waals surface area contributed by atoms with E-state index in [-0.39, 0.29) is 0 Å². The van der Waals surface area contributed by atoms with E-state index in [1.165, 1.54) is 46.6 Å². The van der Waals surface area contributed by atoms with Crippen molar-refractivity contribution < 1.29 is 0 Å². The summed E-state index contributed by atoms with van der Waals surface area (Å²) in [5.74, 6) is 0.800. The second-order valence-corrected chi connectivity index (χ2v) is 6.59. The highest BCUT2D eigenvalue weighted by Crippen LogP contribution is 2.37. The second kappa shape index (κ2) is 4.73. The first-order valence-electron chi connectivity index (χ1n) is 6.93. The van der Waals surface area contributed by atoms with Crippen molar-refractivity contribution in [1.82, 2.24) is 4.57 Å². The van der Waals surface area contributed by atoms with E-state index >= 15 is 0 Å². The van der Waals surface area contributed by atoms with Gasteiger partial charge in [0.15, 0.2) is 0 Å². The van der Waals surface area contributed by atoms with Crippen molar-refractivity contribution in [2.75, 3.05) is 0 Å². The number of aryl methyl sites for hydroxylation is 1. The Kier molecular flexibility index (Phi) is 3.23. The van der Waals surface area contributed by atoms with Gasteiger partial charge in [-0.1, -0.05) is 35.7 Å². The number of nitrogens with zero attached hydrogens (tertiary/aromatic N) is 1. The summed E-state index contributed by atoms with van der Waals surface area (Å²) in [5.41, 5.74) is 2.72. The van der Waals surface area contributed by atoms with E-state index < -0.39 is 0 Å². The molecule has 18 heavy (non-hydrogen) atoms. The normalized spacial score (nSPS) is 24.6. The fraction of sp³-hybridized carbons (Fsp3) is 0.500. The first-order chi connectivity index (χ1) is 8.66. The van der Waals surface area contributed by atoms with Crippen LogP contribution in [0, 0.1) is 12.8 Å².